The van der Waals surface area contributed by atoms with Gasteiger partial charge in [-0.1, -0.05) is 13.8 Å². The van der Waals surface area contributed by atoms with E-state index in [1.54, 1.807) is 13.0 Å². The lowest BCUT2D eigenvalue weighted by atomic mass is 9.70. The van der Waals surface area contributed by atoms with Gasteiger partial charge >= 0.3 is 5.97 Å². The number of methoxy groups -OCH3 is 1. The summed E-state index contributed by atoms with van der Waals surface area (Å²) in [6.07, 6.45) is 2.76. The molecule has 2 bridgehead atoms. The van der Waals surface area contributed by atoms with Gasteiger partial charge in [0.1, 0.15) is 0 Å². The molecular formula is C19H30O6S. The highest BCUT2D eigenvalue weighted by Crippen LogP contribution is 2.66. The molecule has 0 unspecified atom stereocenters. The van der Waals surface area contributed by atoms with Gasteiger partial charge in [0.05, 0.1) is 12.7 Å². The van der Waals surface area contributed by atoms with Crippen molar-refractivity contribution in [1.29, 1.82) is 0 Å². The number of aliphatic hydroxyl groups excluding tert-OH is 1. The Balaban J connectivity index is 1.78. The maximum Gasteiger partial charge on any atom is 0.335 e. The van der Waals surface area contributed by atoms with E-state index in [-0.39, 0.29) is 23.9 Å². The SMILES string of the molecule is CCOC(=O)[C@H]1CC([S@@](=O)C[C@]23CC[C@H](C[C@H]2O)C3(C)C)=C[C@H](OC)O1. The van der Waals surface area contributed by atoms with Crippen LogP contribution in [0.2, 0.25) is 0 Å². The van der Waals surface area contributed by atoms with Crippen LogP contribution in [0.15, 0.2) is 11.0 Å². The van der Waals surface area contributed by atoms with E-state index in [0.29, 0.717) is 16.6 Å². The molecule has 2 saturated carbocycles. The van der Waals surface area contributed by atoms with Crippen molar-refractivity contribution in [2.75, 3.05) is 19.5 Å². The van der Waals surface area contributed by atoms with Crippen LogP contribution in [0.3, 0.4) is 0 Å². The van der Waals surface area contributed by atoms with E-state index in [9.17, 15) is 14.1 Å². The Morgan fingerprint density at radius 1 is 1.46 bits per heavy atom. The quantitative estimate of drug-likeness (QED) is 0.704. The second kappa shape index (κ2) is 7.34. The summed E-state index contributed by atoms with van der Waals surface area (Å²) in [5.74, 6) is 0.435. The Labute approximate surface area is 157 Å². The standard InChI is InChI=1S/C19H30O6S/c1-5-24-17(21)14-9-13(10-16(23-4)25-14)26(22)11-19-7-6-12(8-15(19)20)18(19,2)3/h10,12,14-16,20H,5-9,11H2,1-4H3/t12-,14-,15-,16-,19-,26+/m1/s1. The molecule has 2 aliphatic carbocycles. The summed E-state index contributed by atoms with van der Waals surface area (Å²) in [5, 5.41) is 10.7. The Bertz CT molecular complexity index is 615. The van der Waals surface area contributed by atoms with Gasteiger partial charge in [-0.3, -0.25) is 4.21 Å². The lowest BCUT2D eigenvalue weighted by Gasteiger charge is -2.40. The second-order valence-corrected chi connectivity index (χ2v) is 9.68. The zero-order chi connectivity index (χ0) is 19.1. The minimum absolute atomic E-state index is 0.0327. The highest BCUT2D eigenvalue weighted by molar-refractivity contribution is 7.89. The molecule has 0 spiro atoms. The minimum atomic E-state index is -1.31. The second-order valence-electron chi connectivity index (χ2n) is 8.17. The summed E-state index contributed by atoms with van der Waals surface area (Å²) in [6, 6.07) is 0. The van der Waals surface area contributed by atoms with Gasteiger partial charge in [0, 0.05) is 40.4 Å². The Kier molecular flexibility index (Phi) is 5.64. The third-order valence-corrected chi connectivity index (χ3v) is 8.52. The molecule has 148 valence electrons. The van der Waals surface area contributed by atoms with Crippen molar-refractivity contribution >= 4 is 16.8 Å². The third kappa shape index (κ3) is 3.17. The molecule has 0 saturated heterocycles. The van der Waals surface area contributed by atoms with Gasteiger partial charge in [-0.25, -0.2) is 4.79 Å². The summed E-state index contributed by atoms with van der Waals surface area (Å²) in [6.45, 7) is 6.39. The molecule has 6 nitrogen and oxygen atoms in total. The molecule has 0 aromatic carbocycles. The largest absolute Gasteiger partial charge is 0.464 e. The first-order valence-electron chi connectivity index (χ1n) is 9.37. The summed E-state index contributed by atoms with van der Waals surface area (Å²) in [4.78, 5) is 12.7. The molecule has 6 atom stereocenters. The fourth-order valence-corrected chi connectivity index (χ4v) is 6.99. The van der Waals surface area contributed by atoms with Crippen LogP contribution < -0.4 is 0 Å². The van der Waals surface area contributed by atoms with Gasteiger partial charge in [-0.05, 0) is 43.6 Å². The van der Waals surface area contributed by atoms with Gasteiger partial charge in [0.2, 0.25) is 0 Å². The fraction of sp³-hybridized carbons (Fsp3) is 0.842. The number of rotatable bonds is 6. The predicted octanol–water partition coefficient (Wildman–Crippen LogP) is 2.13. The lowest BCUT2D eigenvalue weighted by molar-refractivity contribution is -0.178. The Hall–Kier alpha value is -0.760. The average molecular weight is 387 g/mol. The maximum absolute atomic E-state index is 13.2. The highest BCUT2D eigenvalue weighted by atomic mass is 32.2. The first kappa shape index (κ1) is 20.0. The van der Waals surface area contributed by atoms with Crippen molar-refractivity contribution < 1.29 is 28.3 Å². The molecule has 0 radical (unpaired) electrons. The molecule has 3 aliphatic rings. The summed E-state index contributed by atoms with van der Waals surface area (Å²) in [7, 11) is 0.179. The first-order valence-corrected chi connectivity index (χ1v) is 10.7. The zero-order valence-electron chi connectivity index (χ0n) is 16.0. The van der Waals surface area contributed by atoms with Crippen LogP contribution in [-0.4, -0.2) is 53.3 Å². The van der Waals surface area contributed by atoms with Crippen molar-refractivity contribution in [2.24, 2.45) is 16.7 Å². The number of fused-ring (bicyclic) bond motifs is 2. The van der Waals surface area contributed by atoms with E-state index >= 15 is 0 Å². The van der Waals surface area contributed by atoms with Crippen molar-refractivity contribution in [3.05, 3.63) is 11.0 Å². The summed E-state index contributed by atoms with van der Waals surface area (Å²) >= 11 is 0. The number of hydrogen-bond donors (Lipinski definition) is 1. The fourth-order valence-electron chi connectivity index (χ4n) is 5.02. The number of hydrogen-bond acceptors (Lipinski definition) is 6. The zero-order valence-corrected chi connectivity index (χ0v) is 16.8. The van der Waals surface area contributed by atoms with E-state index in [0.717, 1.165) is 19.3 Å². The van der Waals surface area contributed by atoms with Crippen LogP contribution in [0.4, 0.5) is 0 Å². The number of carbonyl (C=O) groups excluding carboxylic acids is 1. The molecule has 2 fully saturated rings. The number of ether oxygens (including phenoxy) is 3. The Morgan fingerprint density at radius 2 is 2.19 bits per heavy atom. The van der Waals surface area contributed by atoms with Crippen molar-refractivity contribution in [3.8, 4) is 0 Å². The molecular weight excluding hydrogens is 356 g/mol. The smallest absolute Gasteiger partial charge is 0.335 e. The van der Waals surface area contributed by atoms with Gasteiger partial charge < -0.3 is 19.3 Å². The molecule has 7 heteroatoms. The van der Waals surface area contributed by atoms with Crippen LogP contribution in [0.25, 0.3) is 0 Å². The molecule has 0 aromatic heterocycles. The lowest BCUT2D eigenvalue weighted by Crippen LogP contribution is -2.44. The average Bonchev–Trinajstić information content (AvgIpc) is 2.96. The number of esters is 1. The third-order valence-electron chi connectivity index (χ3n) is 6.86. The maximum atomic E-state index is 13.2. The van der Waals surface area contributed by atoms with Crippen LogP contribution in [0, 0.1) is 16.7 Å². The van der Waals surface area contributed by atoms with E-state index < -0.39 is 35.3 Å². The Morgan fingerprint density at radius 3 is 2.73 bits per heavy atom. The van der Waals surface area contributed by atoms with Gasteiger partial charge in [0.15, 0.2) is 12.4 Å². The van der Waals surface area contributed by atoms with Crippen molar-refractivity contribution in [3.63, 3.8) is 0 Å². The van der Waals surface area contributed by atoms with Gasteiger partial charge in [-0.2, -0.15) is 0 Å². The molecule has 3 rings (SSSR count). The number of aliphatic hydroxyl groups is 1. The van der Waals surface area contributed by atoms with E-state index in [1.807, 2.05) is 0 Å². The van der Waals surface area contributed by atoms with E-state index in [2.05, 4.69) is 13.8 Å². The minimum Gasteiger partial charge on any atom is -0.464 e. The normalized spacial score (nSPS) is 39.5. The van der Waals surface area contributed by atoms with Crippen LogP contribution in [0.5, 0.6) is 0 Å². The highest BCUT2D eigenvalue weighted by Gasteiger charge is 2.64. The molecule has 1 heterocycles. The summed E-state index contributed by atoms with van der Waals surface area (Å²) < 4.78 is 29.1. The molecule has 0 aromatic rings. The monoisotopic (exact) mass is 386 g/mol. The van der Waals surface area contributed by atoms with Gasteiger partial charge in [-0.15, -0.1) is 0 Å². The first-order chi connectivity index (χ1) is 12.2. The van der Waals surface area contributed by atoms with Crippen molar-refractivity contribution in [1.82, 2.24) is 0 Å². The predicted molar refractivity (Wildman–Crippen MR) is 97.6 cm³/mol. The van der Waals surface area contributed by atoms with E-state index in [1.165, 1.54) is 7.11 Å². The van der Waals surface area contributed by atoms with Crippen LogP contribution in [-0.2, 0) is 29.8 Å². The molecule has 1 N–H and O–H groups in total. The summed E-state index contributed by atoms with van der Waals surface area (Å²) in [5.41, 5.74) is -0.362. The molecule has 0 amide bonds. The molecule has 26 heavy (non-hydrogen) atoms. The topological polar surface area (TPSA) is 82.1 Å². The van der Waals surface area contributed by atoms with Crippen LogP contribution in [0.1, 0.15) is 46.5 Å². The number of carbonyl (C=O) groups is 1. The van der Waals surface area contributed by atoms with E-state index in [4.69, 9.17) is 14.2 Å². The van der Waals surface area contributed by atoms with Crippen LogP contribution >= 0.6 is 0 Å². The molecule has 1 aliphatic heterocycles. The van der Waals surface area contributed by atoms with Gasteiger partial charge in [0.25, 0.3) is 0 Å². The van der Waals surface area contributed by atoms with Crippen molar-refractivity contribution in [2.45, 2.75) is 65.0 Å².